The summed E-state index contributed by atoms with van der Waals surface area (Å²) in [5, 5.41) is 17.2. The van der Waals surface area contributed by atoms with Gasteiger partial charge in [0.15, 0.2) is 11.6 Å². The lowest BCUT2D eigenvalue weighted by atomic mass is 10.1. The number of carbonyl (C=O) groups excluding carboxylic acids is 1. The summed E-state index contributed by atoms with van der Waals surface area (Å²) in [4.78, 5) is 19.1. The fourth-order valence-corrected chi connectivity index (χ4v) is 2.74. The third-order valence-electron chi connectivity index (χ3n) is 4.42. The van der Waals surface area contributed by atoms with Gasteiger partial charge in [-0.3, -0.25) is 4.79 Å². The van der Waals surface area contributed by atoms with E-state index in [2.05, 4.69) is 31.1 Å². The van der Waals surface area contributed by atoms with E-state index in [0.717, 1.165) is 51.0 Å². The summed E-state index contributed by atoms with van der Waals surface area (Å²) < 4.78 is 0. The lowest BCUT2D eigenvalue weighted by Crippen LogP contribution is -2.18. The van der Waals surface area contributed by atoms with Crippen molar-refractivity contribution < 1.29 is 4.79 Å². The van der Waals surface area contributed by atoms with Crippen LogP contribution in [0.2, 0.25) is 0 Å². The van der Waals surface area contributed by atoms with Crippen molar-refractivity contribution in [3.8, 4) is 0 Å². The highest BCUT2D eigenvalue weighted by atomic mass is 16.1. The molecule has 5 N–H and O–H groups in total. The van der Waals surface area contributed by atoms with Gasteiger partial charge in [0, 0.05) is 27.7 Å². The zero-order valence-corrected chi connectivity index (χ0v) is 17.5. The zero-order chi connectivity index (χ0) is 21.1. The first-order valence-corrected chi connectivity index (χ1v) is 10.00. The maximum absolute atomic E-state index is 12.8. The van der Waals surface area contributed by atoms with Gasteiger partial charge < -0.3 is 26.6 Å². The number of anilines is 4. The Labute approximate surface area is 172 Å². The average Bonchev–Trinajstić information content (AvgIpc) is 2.73. The monoisotopic (exact) mass is 400 g/mol. The molecule has 9 heteroatoms. The largest absolute Gasteiger partial charge is 0.373 e. The van der Waals surface area contributed by atoms with E-state index in [0.29, 0.717) is 23.0 Å². The van der Waals surface area contributed by atoms with Crippen LogP contribution < -0.4 is 26.6 Å². The third-order valence-corrected chi connectivity index (χ3v) is 4.42. The molecule has 0 radical (unpaired) electrons. The van der Waals surface area contributed by atoms with Crippen LogP contribution in [-0.4, -0.2) is 55.3 Å². The van der Waals surface area contributed by atoms with Gasteiger partial charge in [-0.15, -0.1) is 10.2 Å². The first-order valence-electron chi connectivity index (χ1n) is 10.00. The molecule has 0 spiro atoms. The summed E-state index contributed by atoms with van der Waals surface area (Å²) >= 11 is 0. The van der Waals surface area contributed by atoms with E-state index in [-0.39, 0.29) is 5.91 Å². The Morgan fingerprint density at radius 2 is 1.72 bits per heavy atom. The topological polar surface area (TPSA) is 121 Å². The number of nitrogens with zero attached hydrogens (tertiary/aromatic N) is 4. The fourth-order valence-electron chi connectivity index (χ4n) is 2.74. The summed E-state index contributed by atoms with van der Waals surface area (Å²) in [6, 6.07) is 7.05. The van der Waals surface area contributed by atoms with Crippen LogP contribution in [0.4, 0.5) is 23.3 Å². The minimum absolute atomic E-state index is 0.280. The molecule has 2 heterocycles. The number of hydrogen-bond acceptors (Lipinski definition) is 8. The molecular formula is C20H32N8O. The molecule has 0 saturated heterocycles. The molecule has 1 amide bonds. The van der Waals surface area contributed by atoms with Gasteiger partial charge in [-0.25, -0.2) is 4.98 Å². The van der Waals surface area contributed by atoms with Crippen molar-refractivity contribution in [3.05, 3.63) is 29.8 Å². The molecule has 0 atom stereocenters. The van der Waals surface area contributed by atoms with E-state index in [9.17, 15) is 4.79 Å². The van der Waals surface area contributed by atoms with Crippen LogP contribution in [0.1, 0.15) is 42.5 Å². The molecule has 0 aliphatic carbocycles. The number of unbranched alkanes of at least 4 members (excludes halogenated alkanes) is 4. The normalized spacial score (nSPS) is 10.5. The van der Waals surface area contributed by atoms with Crippen molar-refractivity contribution in [2.75, 3.05) is 55.1 Å². The maximum Gasteiger partial charge on any atom is 0.260 e. The van der Waals surface area contributed by atoms with Gasteiger partial charge in [0.05, 0.1) is 5.56 Å². The molecular weight excluding hydrogens is 368 g/mol. The molecule has 0 saturated carbocycles. The smallest absolute Gasteiger partial charge is 0.260 e. The minimum atomic E-state index is -0.280. The van der Waals surface area contributed by atoms with Gasteiger partial charge in [-0.2, -0.15) is 0 Å². The zero-order valence-electron chi connectivity index (χ0n) is 17.5. The van der Waals surface area contributed by atoms with E-state index < -0.39 is 0 Å². The van der Waals surface area contributed by atoms with Crippen molar-refractivity contribution in [2.24, 2.45) is 5.73 Å². The Morgan fingerprint density at radius 3 is 2.38 bits per heavy atom. The van der Waals surface area contributed by atoms with Crippen LogP contribution in [0.3, 0.4) is 0 Å². The van der Waals surface area contributed by atoms with Gasteiger partial charge in [-0.05, 0) is 43.7 Å². The second-order valence-electron chi connectivity index (χ2n) is 6.95. The Kier molecular flexibility index (Phi) is 9.10. The Hall–Kier alpha value is -2.94. The van der Waals surface area contributed by atoms with E-state index in [1.165, 1.54) is 0 Å². The second-order valence-corrected chi connectivity index (χ2v) is 6.95. The standard InChI is InChI=1S/C20H32N8O/c1-22-16-10-9-15(19(24-16)23-14-8-6-4-5-7-13-21)20(29)25-17-11-12-18(27-26-17)28(2)3/h9-12H,4-8,13-14,21H2,1-3H3,(H2,22,23,24)(H,25,26,29). The molecule has 158 valence electrons. The van der Waals surface area contributed by atoms with Gasteiger partial charge in [-0.1, -0.05) is 19.3 Å². The van der Waals surface area contributed by atoms with Crippen LogP contribution in [0.5, 0.6) is 0 Å². The number of carbonyl (C=O) groups is 1. The molecule has 0 aliphatic heterocycles. The van der Waals surface area contributed by atoms with E-state index in [1.54, 1.807) is 31.3 Å². The third kappa shape index (κ3) is 7.19. The van der Waals surface area contributed by atoms with Crippen molar-refractivity contribution >= 4 is 29.2 Å². The van der Waals surface area contributed by atoms with Gasteiger partial charge in [0.1, 0.15) is 11.6 Å². The van der Waals surface area contributed by atoms with Crippen molar-refractivity contribution in [1.29, 1.82) is 0 Å². The number of amides is 1. The van der Waals surface area contributed by atoms with E-state index in [1.807, 2.05) is 19.0 Å². The highest BCUT2D eigenvalue weighted by Crippen LogP contribution is 2.18. The SMILES string of the molecule is CNc1ccc(C(=O)Nc2ccc(N(C)C)nn2)c(NCCCCCCCN)n1. The summed E-state index contributed by atoms with van der Waals surface area (Å²) in [5.74, 6) is 2.08. The van der Waals surface area contributed by atoms with Crippen LogP contribution in [-0.2, 0) is 0 Å². The Balaban J connectivity index is 1.99. The molecule has 0 aromatic carbocycles. The van der Waals surface area contributed by atoms with Crippen LogP contribution in [0.15, 0.2) is 24.3 Å². The lowest BCUT2D eigenvalue weighted by molar-refractivity contribution is 0.102. The summed E-state index contributed by atoms with van der Waals surface area (Å²) in [6.07, 6.45) is 5.52. The molecule has 2 aromatic heterocycles. The summed E-state index contributed by atoms with van der Waals surface area (Å²) in [5.41, 5.74) is 5.98. The number of hydrogen-bond donors (Lipinski definition) is 4. The Bertz CT molecular complexity index is 764. The second kappa shape index (κ2) is 11.8. The highest BCUT2D eigenvalue weighted by Gasteiger charge is 2.15. The van der Waals surface area contributed by atoms with Crippen molar-refractivity contribution in [2.45, 2.75) is 32.1 Å². The quantitative estimate of drug-likeness (QED) is 0.401. The van der Waals surface area contributed by atoms with Crippen molar-refractivity contribution in [3.63, 3.8) is 0 Å². The first kappa shape index (κ1) is 22.4. The molecule has 9 nitrogen and oxygen atoms in total. The number of pyridine rings is 1. The first-order chi connectivity index (χ1) is 14.0. The van der Waals surface area contributed by atoms with Gasteiger partial charge >= 0.3 is 0 Å². The van der Waals surface area contributed by atoms with Crippen LogP contribution in [0.25, 0.3) is 0 Å². The van der Waals surface area contributed by atoms with Crippen LogP contribution >= 0.6 is 0 Å². The van der Waals surface area contributed by atoms with Gasteiger partial charge in [0.2, 0.25) is 0 Å². The van der Waals surface area contributed by atoms with Crippen LogP contribution in [0, 0.1) is 0 Å². The van der Waals surface area contributed by atoms with E-state index in [4.69, 9.17) is 5.73 Å². The predicted molar refractivity (Wildman–Crippen MR) is 119 cm³/mol. The number of aromatic nitrogens is 3. The highest BCUT2D eigenvalue weighted by molar-refractivity contribution is 6.07. The molecule has 2 rings (SSSR count). The van der Waals surface area contributed by atoms with E-state index >= 15 is 0 Å². The summed E-state index contributed by atoms with van der Waals surface area (Å²) in [6.45, 7) is 1.50. The number of rotatable bonds is 12. The average molecular weight is 401 g/mol. The number of nitrogens with two attached hydrogens (primary N) is 1. The molecule has 0 fully saturated rings. The maximum atomic E-state index is 12.8. The number of nitrogens with one attached hydrogen (secondary N) is 3. The minimum Gasteiger partial charge on any atom is -0.373 e. The molecule has 0 aliphatic rings. The summed E-state index contributed by atoms with van der Waals surface area (Å²) in [7, 11) is 5.56. The molecule has 29 heavy (non-hydrogen) atoms. The lowest BCUT2D eigenvalue weighted by Gasteiger charge is -2.13. The Morgan fingerprint density at radius 1 is 1.00 bits per heavy atom. The fraction of sp³-hybridized carbons (Fsp3) is 0.500. The van der Waals surface area contributed by atoms with Gasteiger partial charge in [0.25, 0.3) is 5.91 Å². The molecule has 0 unspecified atom stereocenters. The van der Waals surface area contributed by atoms with Crippen molar-refractivity contribution in [1.82, 2.24) is 15.2 Å². The predicted octanol–water partition coefficient (Wildman–Crippen LogP) is 2.55. The molecule has 0 bridgehead atoms. The molecule has 2 aromatic rings.